The van der Waals surface area contributed by atoms with Gasteiger partial charge in [-0.3, -0.25) is 19.9 Å². The number of hydrogen-bond acceptors (Lipinski definition) is 5. The van der Waals surface area contributed by atoms with Crippen molar-refractivity contribution in [3.63, 3.8) is 0 Å². The van der Waals surface area contributed by atoms with Crippen molar-refractivity contribution in [2.24, 2.45) is 5.92 Å². The minimum atomic E-state index is -0.297. The zero-order valence-electron chi connectivity index (χ0n) is 20.9. The number of nitrogens with zero attached hydrogens (tertiary/aromatic N) is 4. The van der Waals surface area contributed by atoms with Crippen LogP contribution in [0.25, 0.3) is 55.6 Å². The molecule has 1 aliphatic carbocycles. The number of nitrogens with one attached hydrogen (secondary N) is 3. The number of carbonyl (C=O) groups is 1. The van der Waals surface area contributed by atoms with Crippen molar-refractivity contribution in [2.75, 3.05) is 5.32 Å². The van der Waals surface area contributed by atoms with Gasteiger partial charge in [0.25, 0.3) is 0 Å². The highest BCUT2D eigenvalue weighted by molar-refractivity contribution is 6.00. The first-order chi connectivity index (χ1) is 19.1. The van der Waals surface area contributed by atoms with Crippen LogP contribution in [0.3, 0.4) is 0 Å². The van der Waals surface area contributed by atoms with Crippen LogP contribution >= 0.6 is 0 Å². The summed E-state index contributed by atoms with van der Waals surface area (Å²) in [5.41, 5.74) is 6.91. The van der Waals surface area contributed by atoms with E-state index in [0.717, 1.165) is 69.9 Å². The second kappa shape index (κ2) is 9.43. The van der Waals surface area contributed by atoms with Gasteiger partial charge in [0.1, 0.15) is 11.5 Å². The van der Waals surface area contributed by atoms with Crippen LogP contribution in [0.2, 0.25) is 0 Å². The fourth-order valence-corrected chi connectivity index (χ4v) is 5.43. The van der Waals surface area contributed by atoms with Crippen LogP contribution in [-0.4, -0.2) is 36.0 Å². The molecule has 9 heteroatoms. The molecule has 1 saturated carbocycles. The summed E-state index contributed by atoms with van der Waals surface area (Å²) in [4.78, 5) is 29.3. The third kappa shape index (κ3) is 4.31. The van der Waals surface area contributed by atoms with Crippen molar-refractivity contribution in [1.29, 1.82) is 0 Å². The lowest BCUT2D eigenvalue weighted by molar-refractivity contribution is -0.119. The molecule has 0 radical (unpaired) electrons. The van der Waals surface area contributed by atoms with Crippen LogP contribution in [-0.2, 0) is 4.79 Å². The van der Waals surface area contributed by atoms with Crippen LogP contribution in [0.5, 0.6) is 0 Å². The Labute approximate surface area is 222 Å². The third-order valence-electron chi connectivity index (χ3n) is 7.42. The average molecular weight is 518 g/mol. The van der Waals surface area contributed by atoms with Gasteiger partial charge in [-0.1, -0.05) is 25.0 Å². The number of hydrogen-bond donors (Lipinski definition) is 3. The number of amides is 1. The second-order valence-corrected chi connectivity index (χ2v) is 9.97. The average Bonchev–Trinajstić information content (AvgIpc) is 3.72. The monoisotopic (exact) mass is 517 g/mol. The summed E-state index contributed by atoms with van der Waals surface area (Å²) in [6, 6.07) is 12.4. The van der Waals surface area contributed by atoms with Crippen molar-refractivity contribution in [1.82, 2.24) is 30.1 Å². The fourth-order valence-electron chi connectivity index (χ4n) is 5.43. The lowest BCUT2D eigenvalue weighted by Crippen LogP contribution is -2.20. The summed E-state index contributed by atoms with van der Waals surface area (Å²) in [7, 11) is 0. The highest BCUT2D eigenvalue weighted by Gasteiger charge is 2.23. The van der Waals surface area contributed by atoms with Crippen molar-refractivity contribution in [3.8, 4) is 33.6 Å². The van der Waals surface area contributed by atoms with Crippen molar-refractivity contribution < 1.29 is 9.18 Å². The smallest absolute Gasteiger partial charge is 0.227 e. The highest BCUT2D eigenvalue weighted by Crippen LogP contribution is 2.35. The van der Waals surface area contributed by atoms with Gasteiger partial charge in [-0.05, 0) is 48.7 Å². The van der Waals surface area contributed by atoms with E-state index in [-0.39, 0.29) is 17.6 Å². The summed E-state index contributed by atoms with van der Waals surface area (Å²) in [5.74, 6) is -0.162. The lowest BCUT2D eigenvalue weighted by Gasteiger charge is -2.11. The van der Waals surface area contributed by atoms with Gasteiger partial charge in [0, 0.05) is 52.0 Å². The molecule has 0 aliphatic heterocycles. The minimum absolute atomic E-state index is 0.0584. The largest absolute Gasteiger partial charge is 0.352 e. The van der Waals surface area contributed by atoms with E-state index in [2.05, 4.69) is 35.5 Å². The summed E-state index contributed by atoms with van der Waals surface area (Å²) in [5, 5.41) is 12.3. The number of aromatic amines is 2. The van der Waals surface area contributed by atoms with Gasteiger partial charge in [-0.2, -0.15) is 5.10 Å². The van der Waals surface area contributed by atoms with Crippen molar-refractivity contribution in [3.05, 3.63) is 79.3 Å². The first-order valence-electron chi connectivity index (χ1n) is 13.0. The number of aromatic nitrogens is 6. The highest BCUT2D eigenvalue weighted by atomic mass is 19.1. The predicted octanol–water partition coefficient (Wildman–Crippen LogP) is 6.50. The van der Waals surface area contributed by atoms with Gasteiger partial charge in [-0.25, -0.2) is 9.37 Å². The molecule has 0 saturated heterocycles. The molecule has 1 aromatic carbocycles. The summed E-state index contributed by atoms with van der Waals surface area (Å²) >= 11 is 0. The number of benzene rings is 1. The van der Waals surface area contributed by atoms with E-state index in [9.17, 15) is 9.18 Å². The standard InChI is InChI=1S/C30H24FN7O/c31-21-7-3-6-18(8-21)25-15-33-16-27-23(25)11-26(36-27)28-24-10-20(13-34-29(24)38-37-28)19-9-22(14-32-12-19)35-30(39)17-4-1-2-5-17/h3,6-17,36H,1-2,4-5H2,(H,35,39)(H,34,37,38). The van der Waals surface area contributed by atoms with E-state index < -0.39 is 0 Å². The third-order valence-corrected chi connectivity index (χ3v) is 7.42. The van der Waals surface area contributed by atoms with E-state index in [1.165, 1.54) is 12.1 Å². The van der Waals surface area contributed by atoms with Gasteiger partial charge in [0.05, 0.1) is 29.3 Å². The molecule has 1 amide bonds. The predicted molar refractivity (Wildman–Crippen MR) is 148 cm³/mol. The van der Waals surface area contributed by atoms with Crippen molar-refractivity contribution >= 4 is 33.5 Å². The molecule has 5 aromatic heterocycles. The first-order valence-corrected chi connectivity index (χ1v) is 13.0. The second-order valence-electron chi connectivity index (χ2n) is 9.97. The van der Waals surface area contributed by atoms with E-state index in [1.807, 2.05) is 24.3 Å². The minimum Gasteiger partial charge on any atom is -0.352 e. The normalized spacial score (nSPS) is 13.9. The molecule has 3 N–H and O–H groups in total. The first kappa shape index (κ1) is 23.2. The Morgan fingerprint density at radius 2 is 1.74 bits per heavy atom. The maximum Gasteiger partial charge on any atom is 0.227 e. The van der Waals surface area contributed by atoms with E-state index in [0.29, 0.717) is 17.0 Å². The molecular formula is C30H24FN7O. The maximum absolute atomic E-state index is 13.9. The lowest BCUT2D eigenvalue weighted by atomic mass is 10.0. The molecule has 39 heavy (non-hydrogen) atoms. The van der Waals surface area contributed by atoms with Gasteiger partial charge in [0.15, 0.2) is 5.65 Å². The molecule has 7 rings (SSSR count). The molecule has 1 fully saturated rings. The van der Waals surface area contributed by atoms with Gasteiger partial charge in [0.2, 0.25) is 5.91 Å². The molecule has 8 nitrogen and oxygen atoms in total. The van der Waals surface area contributed by atoms with E-state index >= 15 is 0 Å². The zero-order chi connectivity index (χ0) is 26.3. The number of carbonyl (C=O) groups excluding carboxylic acids is 1. The zero-order valence-corrected chi connectivity index (χ0v) is 20.9. The quantitative estimate of drug-likeness (QED) is 0.242. The molecule has 0 bridgehead atoms. The van der Waals surface area contributed by atoms with Crippen LogP contribution in [0.4, 0.5) is 10.1 Å². The molecule has 6 aromatic rings. The van der Waals surface area contributed by atoms with Gasteiger partial charge < -0.3 is 10.3 Å². The van der Waals surface area contributed by atoms with E-state index in [4.69, 9.17) is 0 Å². The topological polar surface area (TPSA) is 112 Å². The Hall–Kier alpha value is -4.92. The summed E-state index contributed by atoms with van der Waals surface area (Å²) in [6.45, 7) is 0. The molecule has 0 spiro atoms. The molecule has 0 unspecified atom stereocenters. The Morgan fingerprint density at radius 1 is 0.897 bits per heavy atom. The van der Waals surface area contributed by atoms with Crippen LogP contribution in [0, 0.1) is 11.7 Å². The SMILES string of the molecule is O=C(Nc1cncc(-c2cnc3[nH]nc(-c4cc5c(-c6cccc(F)c6)cncc5[nH]4)c3c2)c1)C1CCCC1. The number of H-pyrrole nitrogens is 2. The Bertz CT molecular complexity index is 1850. The maximum atomic E-state index is 13.9. The number of halogens is 1. The van der Waals surface area contributed by atoms with Crippen LogP contribution in [0.15, 0.2) is 73.4 Å². The van der Waals surface area contributed by atoms with Crippen molar-refractivity contribution in [2.45, 2.75) is 25.7 Å². The van der Waals surface area contributed by atoms with Crippen LogP contribution < -0.4 is 5.32 Å². The molecule has 5 heterocycles. The van der Waals surface area contributed by atoms with Gasteiger partial charge in [-0.15, -0.1) is 0 Å². The molecule has 1 aliphatic rings. The number of rotatable bonds is 5. The number of fused-ring (bicyclic) bond motifs is 2. The number of pyridine rings is 3. The van der Waals surface area contributed by atoms with Gasteiger partial charge >= 0.3 is 0 Å². The van der Waals surface area contributed by atoms with Crippen LogP contribution in [0.1, 0.15) is 25.7 Å². The molecule has 192 valence electrons. The summed E-state index contributed by atoms with van der Waals surface area (Å²) in [6.07, 6.45) is 12.8. The summed E-state index contributed by atoms with van der Waals surface area (Å²) < 4.78 is 13.9. The Morgan fingerprint density at radius 3 is 2.62 bits per heavy atom. The Kier molecular flexibility index (Phi) is 5.61. The molecular weight excluding hydrogens is 493 g/mol. The molecule has 0 atom stereocenters. The number of anilines is 1. The van der Waals surface area contributed by atoms with E-state index in [1.54, 1.807) is 37.1 Å². The fraction of sp³-hybridized carbons (Fsp3) is 0.167. The Balaban J connectivity index is 1.25.